The maximum Gasteiger partial charge on any atom is 0.309 e. The summed E-state index contributed by atoms with van der Waals surface area (Å²) in [6.45, 7) is 7.42. The highest BCUT2D eigenvalue weighted by molar-refractivity contribution is 5.84. The molecule has 0 aliphatic rings. The first-order valence-electron chi connectivity index (χ1n) is 7.01. The molecule has 1 aromatic rings. The summed E-state index contributed by atoms with van der Waals surface area (Å²) in [4.78, 5) is 23.0. The lowest BCUT2D eigenvalue weighted by atomic mass is 9.89. The summed E-state index contributed by atoms with van der Waals surface area (Å²) >= 11 is 0. The zero-order chi connectivity index (χ0) is 16.0. The first-order valence-corrected chi connectivity index (χ1v) is 7.01. The fraction of sp³-hybridized carbons (Fsp3) is 0.500. The second-order valence-electron chi connectivity index (χ2n) is 5.66. The molecule has 0 spiro atoms. The Morgan fingerprint density at radius 2 is 2.05 bits per heavy atom. The Bertz CT molecular complexity index is 511. The van der Waals surface area contributed by atoms with E-state index in [0.717, 1.165) is 11.3 Å². The number of carbonyl (C=O) groups excluding carboxylic acids is 1. The summed E-state index contributed by atoms with van der Waals surface area (Å²) in [5.74, 6) is -0.512. The van der Waals surface area contributed by atoms with Crippen LogP contribution < -0.4 is 10.1 Å². The SMILES string of the molecule is CCOc1cccc(C(C)NC(=O)CC(C)(C)C(=O)O)c1. The monoisotopic (exact) mass is 293 g/mol. The quantitative estimate of drug-likeness (QED) is 0.810. The van der Waals surface area contributed by atoms with Crippen LogP contribution >= 0.6 is 0 Å². The van der Waals surface area contributed by atoms with Crippen LogP contribution in [-0.2, 0) is 9.59 Å². The number of rotatable bonds is 7. The summed E-state index contributed by atoms with van der Waals surface area (Å²) in [5.41, 5.74) is -0.154. The van der Waals surface area contributed by atoms with E-state index in [4.69, 9.17) is 9.84 Å². The van der Waals surface area contributed by atoms with Gasteiger partial charge in [-0.2, -0.15) is 0 Å². The fourth-order valence-corrected chi connectivity index (χ4v) is 1.89. The molecule has 1 unspecified atom stereocenters. The van der Waals surface area contributed by atoms with E-state index < -0.39 is 11.4 Å². The number of benzene rings is 1. The van der Waals surface area contributed by atoms with Crippen molar-refractivity contribution in [3.63, 3.8) is 0 Å². The molecule has 0 aromatic heterocycles. The van der Waals surface area contributed by atoms with E-state index in [1.165, 1.54) is 13.8 Å². The molecule has 0 aliphatic carbocycles. The minimum atomic E-state index is -1.07. The second kappa shape index (κ2) is 7.11. The molecule has 116 valence electrons. The van der Waals surface area contributed by atoms with Crippen LogP contribution in [0, 0.1) is 5.41 Å². The van der Waals surface area contributed by atoms with Crippen LogP contribution in [0.5, 0.6) is 5.75 Å². The van der Waals surface area contributed by atoms with Gasteiger partial charge in [0.05, 0.1) is 18.1 Å². The lowest BCUT2D eigenvalue weighted by Gasteiger charge is -2.21. The molecule has 1 atom stereocenters. The molecule has 5 heteroatoms. The summed E-state index contributed by atoms with van der Waals surface area (Å²) in [6.07, 6.45) is -0.0577. The minimum absolute atomic E-state index is 0.0577. The van der Waals surface area contributed by atoms with E-state index in [1.54, 1.807) is 0 Å². The molecule has 1 rings (SSSR count). The zero-order valence-corrected chi connectivity index (χ0v) is 13.0. The van der Waals surface area contributed by atoms with Gasteiger partial charge in [0.25, 0.3) is 0 Å². The van der Waals surface area contributed by atoms with E-state index >= 15 is 0 Å². The summed E-state index contributed by atoms with van der Waals surface area (Å²) < 4.78 is 5.42. The molecule has 0 radical (unpaired) electrons. The minimum Gasteiger partial charge on any atom is -0.494 e. The maximum atomic E-state index is 12.0. The predicted molar refractivity (Wildman–Crippen MR) is 80.2 cm³/mol. The molecule has 0 aliphatic heterocycles. The zero-order valence-electron chi connectivity index (χ0n) is 13.0. The van der Waals surface area contributed by atoms with Gasteiger partial charge in [-0.1, -0.05) is 12.1 Å². The van der Waals surface area contributed by atoms with E-state index in [-0.39, 0.29) is 18.4 Å². The molecule has 0 fully saturated rings. The van der Waals surface area contributed by atoms with Gasteiger partial charge in [-0.15, -0.1) is 0 Å². The predicted octanol–water partition coefficient (Wildman–Crippen LogP) is 2.76. The summed E-state index contributed by atoms with van der Waals surface area (Å²) in [6, 6.07) is 7.29. The topological polar surface area (TPSA) is 75.6 Å². The van der Waals surface area contributed by atoms with Gasteiger partial charge in [-0.05, 0) is 45.4 Å². The molecule has 21 heavy (non-hydrogen) atoms. The standard InChI is InChI=1S/C16H23NO4/c1-5-21-13-8-6-7-12(9-13)11(2)17-14(18)10-16(3,4)15(19)20/h6-9,11H,5,10H2,1-4H3,(H,17,18)(H,19,20). The average Bonchev–Trinajstić information content (AvgIpc) is 2.38. The number of carboxylic acids is 1. The molecule has 0 bridgehead atoms. The Kier molecular flexibility index (Phi) is 5.76. The molecule has 1 amide bonds. The van der Waals surface area contributed by atoms with Gasteiger partial charge in [0, 0.05) is 6.42 Å². The van der Waals surface area contributed by atoms with Crippen molar-refractivity contribution in [1.29, 1.82) is 0 Å². The van der Waals surface area contributed by atoms with Crippen LogP contribution in [0.1, 0.15) is 45.7 Å². The Balaban J connectivity index is 2.68. The molecule has 2 N–H and O–H groups in total. The van der Waals surface area contributed by atoms with Crippen LogP contribution in [0.2, 0.25) is 0 Å². The third kappa shape index (κ3) is 5.10. The van der Waals surface area contributed by atoms with Gasteiger partial charge >= 0.3 is 5.97 Å². The number of amides is 1. The van der Waals surface area contributed by atoms with Crippen LogP contribution in [0.25, 0.3) is 0 Å². The second-order valence-corrected chi connectivity index (χ2v) is 5.66. The maximum absolute atomic E-state index is 12.0. The number of hydrogen-bond donors (Lipinski definition) is 2. The smallest absolute Gasteiger partial charge is 0.309 e. The molecule has 0 heterocycles. The largest absolute Gasteiger partial charge is 0.494 e. The highest BCUT2D eigenvalue weighted by atomic mass is 16.5. The first-order chi connectivity index (χ1) is 9.76. The van der Waals surface area contributed by atoms with Gasteiger partial charge < -0.3 is 15.2 Å². The van der Waals surface area contributed by atoms with Crippen molar-refractivity contribution in [2.24, 2.45) is 5.41 Å². The van der Waals surface area contributed by atoms with Gasteiger partial charge in [0.2, 0.25) is 5.91 Å². The van der Waals surface area contributed by atoms with E-state index in [9.17, 15) is 9.59 Å². The lowest BCUT2D eigenvalue weighted by Crippen LogP contribution is -2.34. The first kappa shape index (κ1) is 17.0. The highest BCUT2D eigenvalue weighted by Crippen LogP contribution is 2.22. The third-order valence-electron chi connectivity index (χ3n) is 3.23. The van der Waals surface area contributed by atoms with Gasteiger partial charge in [-0.25, -0.2) is 0 Å². The van der Waals surface area contributed by atoms with Crippen LogP contribution in [0.15, 0.2) is 24.3 Å². The van der Waals surface area contributed by atoms with Gasteiger partial charge in [0.15, 0.2) is 0 Å². The number of nitrogens with one attached hydrogen (secondary N) is 1. The van der Waals surface area contributed by atoms with Gasteiger partial charge in [0.1, 0.15) is 5.75 Å². The highest BCUT2D eigenvalue weighted by Gasteiger charge is 2.30. The molecular formula is C16H23NO4. The Morgan fingerprint density at radius 1 is 1.38 bits per heavy atom. The van der Waals surface area contributed by atoms with E-state index in [0.29, 0.717) is 6.61 Å². The van der Waals surface area contributed by atoms with Crippen molar-refractivity contribution in [2.75, 3.05) is 6.61 Å². The Hall–Kier alpha value is -2.04. The normalized spacial score (nSPS) is 12.6. The van der Waals surface area contributed by atoms with Crippen LogP contribution in [0.4, 0.5) is 0 Å². The number of ether oxygens (including phenoxy) is 1. The van der Waals surface area contributed by atoms with Crippen molar-refractivity contribution >= 4 is 11.9 Å². The molecule has 5 nitrogen and oxygen atoms in total. The average molecular weight is 293 g/mol. The van der Waals surface area contributed by atoms with Gasteiger partial charge in [-0.3, -0.25) is 9.59 Å². The van der Waals surface area contributed by atoms with Crippen molar-refractivity contribution in [1.82, 2.24) is 5.32 Å². The Morgan fingerprint density at radius 3 is 2.62 bits per heavy atom. The van der Waals surface area contributed by atoms with Crippen molar-refractivity contribution in [3.05, 3.63) is 29.8 Å². The molecule has 0 saturated carbocycles. The number of carboxylic acid groups (broad SMARTS) is 1. The summed E-state index contributed by atoms with van der Waals surface area (Å²) in [5, 5.41) is 11.9. The third-order valence-corrected chi connectivity index (χ3v) is 3.23. The van der Waals surface area contributed by atoms with Crippen LogP contribution in [-0.4, -0.2) is 23.6 Å². The van der Waals surface area contributed by atoms with E-state index in [1.807, 2.05) is 38.1 Å². The number of hydrogen-bond acceptors (Lipinski definition) is 3. The van der Waals surface area contributed by atoms with Crippen LogP contribution in [0.3, 0.4) is 0 Å². The summed E-state index contributed by atoms with van der Waals surface area (Å²) in [7, 11) is 0. The van der Waals surface area contributed by atoms with Crippen molar-refractivity contribution in [2.45, 2.75) is 40.2 Å². The Labute approximate surface area is 125 Å². The fourth-order valence-electron chi connectivity index (χ4n) is 1.89. The molecule has 1 aromatic carbocycles. The van der Waals surface area contributed by atoms with Crippen molar-refractivity contribution < 1.29 is 19.4 Å². The number of carbonyl (C=O) groups is 2. The van der Waals surface area contributed by atoms with Crippen molar-refractivity contribution in [3.8, 4) is 5.75 Å². The molecular weight excluding hydrogens is 270 g/mol. The molecule has 0 saturated heterocycles. The lowest BCUT2D eigenvalue weighted by molar-refractivity contribution is -0.149. The van der Waals surface area contributed by atoms with E-state index in [2.05, 4.69) is 5.32 Å². The number of aliphatic carboxylic acids is 1.